The summed E-state index contributed by atoms with van der Waals surface area (Å²) in [7, 11) is 0. The number of halogens is 1. The molecule has 0 unspecified atom stereocenters. The summed E-state index contributed by atoms with van der Waals surface area (Å²) in [6.07, 6.45) is 0.990. The number of hydrogen-bond donors (Lipinski definition) is 2. The van der Waals surface area contributed by atoms with Crippen LogP contribution in [-0.2, 0) is 0 Å². The van der Waals surface area contributed by atoms with E-state index in [1.807, 2.05) is 24.3 Å². The summed E-state index contributed by atoms with van der Waals surface area (Å²) in [6.45, 7) is 2.82. The second-order valence-corrected chi connectivity index (χ2v) is 4.89. The quantitative estimate of drug-likeness (QED) is 0.670. The van der Waals surface area contributed by atoms with Crippen molar-refractivity contribution in [2.45, 2.75) is 13.3 Å². The maximum absolute atomic E-state index is 5.85. The van der Waals surface area contributed by atoms with Crippen LogP contribution >= 0.6 is 15.9 Å². The first-order chi connectivity index (χ1) is 8.72. The lowest BCUT2D eigenvalue weighted by molar-refractivity contribution is 0.929. The van der Waals surface area contributed by atoms with Gasteiger partial charge in [-0.15, -0.1) is 0 Å². The van der Waals surface area contributed by atoms with Crippen molar-refractivity contribution in [1.82, 2.24) is 0 Å². The maximum atomic E-state index is 5.85. The van der Waals surface area contributed by atoms with Crippen molar-refractivity contribution in [2.75, 3.05) is 11.9 Å². The molecule has 2 aromatic carbocycles. The summed E-state index contributed by atoms with van der Waals surface area (Å²) < 4.78 is 1.08. The molecule has 0 spiro atoms. The Hall–Kier alpha value is -1.55. The third-order valence-electron chi connectivity index (χ3n) is 2.64. The molecule has 0 radical (unpaired) electrons. The smallest absolute Gasteiger partial charge is 0.193 e. The normalized spacial score (nSPS) is 11.8. The summed E-state index contributed by atoms with van der Waals surface area (Å²) in [5.74, 6) is 0.462. The molecular weight excluding hydrogens is 290 g/mol. The van der Waals surface area contributed by atoms with E-state index in [1.54, 1.807) is 0 Å². The van der Waals surface area contributed by atoms with Gasteiger partial charge in [0, 0.05) is 22.1 Å². The molecule has 3 nitrogen and oxygen atoms in total. The van der Waals surface area contributed by atoms with Crippen molar-refractivity contribution in [3.8, 4) is 0 Å². The van der Waals surface area contributed by atoms with E-state index in [2.05, 4.69) is 45.3 Å². The Labute approximate surface area is 115 Å². The number of nitrogens with zero attached hydrogens (tertiary/aromatic N) is 1. The monoisotopic (exact) mass is 305 g/mol. The standard InChI is InChI=1S/C14H16BrN3/c1-2-9-17-14(16)18-13-8-7-12(15)10-5-3-4-6-11(10)13/h3-8H,2,9H2,1H3,(H3,16,17,18). The molecule has 0 saturated carbocycles. The van der Waals surface area contributed by atoms with Crippen molar-refractivity contribution in [3.63, 3.8) is 0 Å². The Morgan fingerprint density at radius 2 is 1.94 bits per heavy atom. The molecular formula is C14H16BrN3. The van der Waals surface area contributed by atoms with E-state index in [4.69, 9.17) is 5.73 Å². The van der Waals surface area contributed by atoms with Crippen LogP contribution < -0.4 is 11.1 Å². The number of benzene rings is 2. The summed E-state index contributed by atoms with van der Waals surface area (Å²) in [4.78, 5) is 4.24. The maximum Gasteiger partial charge on any atom is 0.193 e. The van der Waals surface area contributed by atoms with Crippen LogP contribution in [0.3, 0.4) is 0 Å². The third-order valence-corrected chi connectivity index (χ3v) is 3.33. The molecule has 0 amide bonds. The van der Waals surface area contributed by atoms with E-state index in [0.717, 1.165) is 33.9 Å². The Kier molecular flexibility index (Phi) is 4.20. The van der Waals surface area contributed by atoms with E-state index in [1.165, 1.54) is 0 Å². The molecule has 0 aromatic heterocycles. The lowest BCUT2D eigenvalue weighted by Crippen LogP contribution is -2.22. The zero-order chi connectivity index (χ0) is 13.0. The third kappa shape index (κ3) is 2.82. The molecule has 0 fully saturated rings. The van der Waals surface area contributed by atoms with Crippen molar-refractivity contribution < 1.29 is 0 Å². The van der Waals surface area contributed by atoms with Gasteiger partial charge in [0.25, 0.3) is 0 Å². The number of hydrogen-bond acceptors (Lipinski definition) is 1. The van der Waals surface area contributed by atoms with Gasteiger partial charge >= 0.3 is 0 Å². The van der Waals surface area contributed by atoms with Crippen LogP contribution in [0.25, 0.3) is 10.8 Å². The topological polar surface area (TPSA) is 50.4 Å². The van der Waals surface area contributed by atoms with Gasteiger partial charge in [0.2, 0.25) is 0 Å². The van der Waals surface area contributed by atoms with E-state index in [0.29, 0.717) is 5.96 Å². The zero-order valence-corrected chi connectivity index (χ0v) is 11.9. The lowest BCUT2D eigenvalue weighted by Gasteiger charge is -2.10. The molecule has 0 bridgehead atoms. The van der Waals surface area contributed by atoms with Gasteiger partial charge in [-0.25, -0.2) is 0 Å². The summed E-state index contributed by atoms with van der Waals surface area (Å²) in [5, 5.41) is 5.44. The van der Waals surface area contributed by atoms with Gasteiger partial charge in [-0.05, 0) is 23.9 Å². The minimum atomic E-state index is 0.462. The highest BCUT2D eigenvalue weighted by atomic mass is 79.9. The molecule has 0 aliphatic rings. The fraction of sp³-hybridized carbons (Fsp3) is 0.214. The fourth-order valence-corrected chi connectivity index (χ4v) is 2.26. The minimum Gasteiger partial charge on any atom is -0.370 e. The average molecular weight is 306 g/mol. The van der Waals surface area contributed by atoms with Crippen LogP contribution in [0.5, 0.6) is 0 Å². The molecule has 2 rings (SSSR count). The average Bonchev–Trinajstić information content (AvgIpc) is 2.40. The van der Waals surface area contributed by atoms with Crippen LogP contribution in [0.15, 0.2) is 45.9 Å². The van der Waals surface area contributed by atoms with Gasteiger partial charge in [-0.1, -0.05) is 47.1 Å². The SMILES string of the molecule is CCCN=C(N)Nc1ccc(Br)c2ccccc12. The molecule has 0 aliphatic carbocycles. The first-order valence-electron chi connectivity index (χ1n) is 5.96. The number of guanidine groups is 1. The van der Waals surface area contributed by atoms with E-state index < -0.39 is 0 Å². The van der Waals surface area contributed by atoms with Crippen molar-refractivity contribution in [1.29, 1.82) is 0 Å². The van der Waals surface area contributed by atoms with Gasteiger partial charge in [0.1, 0.15) is 0 Å². The Balaban J connectivity index is 2.37. The molecule has 0 heterocycles. The second-order valence-electron chi connectivity index (χ2n) is 4.03. The number of nitrogens with one attached hydrogen (secondary N) is 1. The predicted molar refractivity (Wildman–Crippen MR) is 82.1 cm³/mol. The first-order valence-corrected chi connectivity index (χ1v) is 6.76. The number of aliphatic imine (C=N–C) groups is 1. The van der Waals surface area contributed by atoms with E-state index in [9.17, 15) is 0 Å². The second kappa shape index (κ2) is 5.87. The molecule has 94 valence electrons. The first kappa shape index (κ1) is 12.9. The molecule has 3 N–H and O–H groups in total. The van der Waals surface area contributed by atoms with Gasteiger partial charge in [-0.3, -0.25) is 4.99 Å². The summed E-state index contributed by atoms with van der Waals surface area (Å²) in [6, 6.07) is 12.2. The van der Waals surface area contributed by atoms with Crippen molar-refractivity contribution >= 4 is 38.3 Å². The van der Waals surface area contributed by atoms with Crippen molar-refractivity contribution in [3.05, 3.63) is 40.9 Å². The molecule has 18 heavy (non-hydrogen) atoms. The zero-order valence-electron chi connectivity index (χ0n) is 10.3. The Morgan fingerprint density at radius 3 is 2.67 bits per heavy atom. The van der Waals surface area contributed by atoms with Crippen LogP contribution in [0.2, 0.25) is 0 Å². The molecule has 0 atom stereocenters. The molecule has 0 saturated heterocycles. The number of fused-ring (bicyclic) bond motifs is 1. The fourth-order valence-electron chi connectivity index (χ4n) is 1.78. The van der Waals surface area contributed by atoms with Crippen LogP contribution in [0.4, 0.5) is 5.69 Å². The largest absolute Gasteiger partial charge is 0.370 e. The number of rotatable bonds is 3. The van der Waals surface area contributed by atoms with E-state index >= 15 is 0 Å². The van der Waals surface area contributed by atoms with Crippen molar-refractivity contribution in [2.24, 2.45) is 10.7 Å². The molecule has 2 aromatic rings. The van der Waals surface area contributed by atoms with E-state index in [-0.39, 0.29) is 0 Å². The highest BCUT2D eigenvalue weighted by Gasteiger charge is 2.04. The summed E-state index contributed by atoms with van der Waals surface area (Å²) >= 11 is 3.55. The van der Waals surface area contributed by atoms with Gasteiger partial charge in [-0.2, -0.15) is 0 Å². The molecule has 0 aliphatic heterocycles. The lowest BCUT2D eigenvalue weighted by atomic mass is 10.1. The number of anilines is 1. The van der Waals surface area contributed by atoms with Gasteiger partial charge < -0.3 is 11.1 Å². The van der Waals surface area contributed by atoms with Crippen LogP contribution in [0.1, 0.15) is 13.3 Å². The number of nitrogens with two attached hydrogens (primary N) is 1. The van der Waals surface area contributed by atoms with Crippen LogP contribution in [-0.4, -0.2) is 12.5 Å². The predicted octanol–water partition coefficient (Wildman–Crippen LogP) is 3.74. The highest BCUT2D eigenvalue weighted by Crippen LogP contribution is 2.29. The van der Waals surface area contributed by atoms with Gasteiger partial charge in [0.05, 0.1) is 0 Å². The van der Waals surface area contributed by atoms with Gasteiger partial charge in [0.15, 0.2) is 5.96 Å². The molecule has 4 heteroatoms. The summed E-state index contributed by atoms with van der Waals surface area (Å²) in [5.41, 5.74) is 6.83. The van der Waals surface area contributed by atoms with Crippen LogP contribution in [0, 0.1) is 0 Å². The minimum absolute atomic E-state index is 0.462. The Morgan fingerprint density at radius 1 is 1.22 bits per heavy atom. The Bertz CT molecular complexity index is 578. The highest BCUT2D eigenvalue weighted by molar-refractivity contribution is 9.10.